The molecule has 68 heavy (non-hydrogen) atoms. The number of hydrogen-bond acceptors (Lipinski definition) is 17. The Morgan fingerprint density at radius 1 is 0.824 bits per heavy atom. The molecule has 0 spiro atoms. The summed E-state index contributed by atoms with van der Waals surface area (Å²) >= 11 is 5.11. The van der Waals surface area contributed by atoms with Crippen LogP contribution in [0, 0.1) is 28.6 Å². The number of alkyl halides is 1. The molecule has 0 aromatic heterocycles. The number of Topliss-reactive ketones (excluding diaryl/α,β-unsaturated/α-hetero) is 1. The van der Waals surface area contributed by atoms with E-state index >= 15 is 4.39 Å². The Hall–Kier alpha value is -2.99. The molecule has 13 atom stereocenters. The molecule has 0 radical (unpaired) electrons. The summed E-state index contributed by atoms with van der Waals surface area (Å²) in [7, 11) is 0.137. The van der Waals surface area contributed by atoms with Crippen LogP contribution in [0.15, 0.2) is 23.8 Å². The molecule has 0 bridgehead atoms. The second-order valence-electron chi connectivity index (χ2n) is 18.3. The number of fused-ring (bicyclic) bond motifs is 5. The van der Waals surface area contributed by atoms with Crippen molar-refractivity contribution in [2.45, 2.75) is 169 Å². The summed E-state index contributed by atoms with van der Waals surface area (Å²) in [4.78, 5) is 95.4. The average molecular weight is 1180 g/mol. The molecule has 1 heterocycles. The molecule has 388 valence electrons. The van der Waals surface area contributed by atoms with Gasteiger partial charge in [0.2, 0.25) is 5.78 Å². The van der Waals surface area contributed by atoms with Crippen LogP contribution in [0.1, 0.15) is 122 Å². The summed E-state index contributed by atoms with van der Waals surface area (Å²) in [5.41, 5.74) is -6.35. The minimum Gasteiger partial charge on any atom is -0.757 e. The van der Waals surface area contributed by atoms with Crippen molar-refractivity contribution in [3.8, 4) is 0 Å². The van der Waals surface area contributed by atoms with Crippen molar-refractivity contribution in [3.63, 3.8) is 0 Å². The van der Waals surface area contributed by atoms with E-state index in [1.165, 1.54) is 37.6 Å². The van der Waals surface area contributed by atoms with Crippen LogP contribution in [0.5, 0.6) is 0 Å². The summed E-state index contributed by atoms with van der Waals surface area (Å²) in [5, 5.41) is 11.5. The van der Waals surface area contributed by atoms with E-state index in [2.05, 4.69) is 20.8 Å². The summed E-state index contributed by atoms with van der Waals surface area (Å²) < 4.78 is 54.2. The molecule has 1 N–H and O–H groups in total. The molecule has 3 saturated carbocycles. The number of halogens is 1. The Balaban J connectivity index is 0.000000428. The second kappa shape index (κ2) is 25.9. The molecule has 20 heteroatoms. The Labute approximate surface area is 422 Å². The minimum absolute atomic E-state index is 0. The van der Waals surface area contributed by atoms with Gasteiger partial charge in [0.05, 0.1) is 24.6 Å². The molecule has 5 rings (SSSR count). The van der Waals surface area contributed by atoms with Gasteiger partial charge in [-0.15, -0.1) is 0 Å². The Morgan fingerprint density at radius 3 is 1.87 bits per heavy atom. The van der Waals surface area contributed by atoms with Crippen LogP contribution in [0.25, 0.3) is 0 Å². The zero-order chi connectivity index (χ0) is 50.8. The fourth-order valence-corrected chi connectivity index (χ4v) is 12.8. The molecular formula is C48H72AuFO16PS+. The van der Waals surface area contributed by atoms with Crippen LogP contribution in [0.2, 0.25) is 0 Å². The summed E-state index contributed by atoms with van der Waals surface area (Å²) in [6, 6.07) is 0. The van der Waals surface area contributed by atoms with E-state index in [-0.39, 0.29) is 67.9 Å². The van der Waals surface area contributed by atoms with Crippen molar-refractivity contribution in [3.05, 3.63) is 23.8 Å². The molecule has 0 unspecified atom stereocenters. The van der Waals surface area contributed by atoms with Gasteiger partial charge in [0, 0.05) is 63.2 Å². The molecule has 1 aliphatic heterocycles. The van der Waals surface area contributed by atoms with E-state index in [4.69, 9.17) is 45.8 Å². The van der Waals surface area contributed by atoms with E-state index in [0.29, 0.717) is 24.8 Å². The quantitative estimate of drug-likeness (QED) is 0.0726. The van der Waals surface area contributed by atoms with Crippen molar-refractivity contribution in [1.82, 2.24) is 0 Å². The second-order valence-corrected chi connectivity index (χ2v) is 22.4. The molecule has 0 amide bonds. The average Bonchev–Trinajstić information content (AvgIpc) is 3.47. The van der Waals surface area contributed by atoms with Crippen molar-refractivity contribution in [1.29, 1.82) is 0 Å². The molecule has 4 fully saturated rings. The van der Waals surface area contributed by atoms with E-state index in [1.807, 2.05) is 6.92 Å². The first kappa shape index (κ1) is 61.1. The topological polar surface area (TPSA) is 221 Å². The standard InChI is InChI=1S/C28H37FO7.C14H20O9S.C6H15P.Au/c1-6-23(33)35-15-22(32)28(36-24(34)7-2)16(3)12-20-19-9-8-17-13-18(30)10-11-25(17,4)27(19,29)21(31)14-26(20,28)5;1-6(15)19-5-10-11(20-7(2)16)12(21-8(3)17)13(14(24)23-10)22-9(4)18;1-4-7(5-2)6-3;/h10-11,13,16,19-21,31H,6-9,12,14-15H2,1-5H3;10-14,24H,5H2,1-4H3;4-6H2,1-3H3;/q;;;+1/t16-,19-,20-,21-,25-,26-,27-,28-;10-,11-,12+,13-,14+;;/m01../s1. The van der Waals surface area contributed by atoms with Gasteiger partial charge in [0.25, 0.3) is 0 Å². The number of ether oxygens (including phenoxy) is 7. The van der Waals surface area contributed by atoms with Gasteiger partial charge < -0.3 is 50.9 Å². The number of aliphatic hydroxyl groups excluding tert-OH is 1. The molecule has 1 saturated heterocycles. The van der Waals surface area contributed by atoms with E-state index < -0.39 is 118 Å². The third kappa shape index (κ3) is 13.1. The summed E-state index contributed by atoms with van der Waals surface area (Å²) in [6.45, 7) is 19.3. The Morgan fingerprint density at radius 2 is 1.37 bits per heavy atom. The van der Waals surface area contributed by atoms with E-state index in [9.17, 15) is 43.5 Å². The zero-order valence-corrected chi connectivity index (χ0v) is 45.3. The SMILES string of the molecule is CC(=O)OC[C@H]1O[C@@H]([S-])[C@H](OC(C)=O)[C@@H](OC(C)=O)[C@@H]1OC(C)=O.CCC(=O)OCC(=O)[C@@]1(OC(=O)CC)[C@@H](C)C[C@H]2[C@@H]3CCC4=CC(=O)C=C[C@]4(C)[C@@]3(F)[C@@H](O)C[C@@]21C.CC[PH+](CC)CC.[Au+]. The van der Waals surface area contributed by atoms with E-state index in [0.717, 1.165) is 20.8 Å². The number of hydrogen-bond donors (Lipinski definition) is 1. The fraction of sp³-hybridized carbons (Fsp3) is 0.750. The van der Waals surface area contributed by atoms with Gasteiger partial charge in [0.15, 0.2) is 35.9 Å². The van der Waals surface area contributed by atoms with Crippen LogP contribution >= 0.6 is 7.92 Å². The predicted octanol–water partition coefficient (Wildman–Crippen LogP) is 5.69. The third-order valence-electron chi connectivity index (χ3n) is 14.3. The number of carbonyl (C=O) groups excluding carboxylic acids is 8. The molecule has 4 aliphatic carbocycles. The van der Waals surface area contributed by atoms with Gasteiger partial charge in [-0.25, -0.2) is 4.39 Å². The van der Waals surface area contributed by atoms with Crippen molar-refractivity contribution < 1.29 is 103 Å². The molecular weight excluding hydrogens is 1110 g/mol. The van der Waals surface area contributed by atoms with Gasteiger partial charge in [0.1, 0.15) is 18.8 Å². The van der Waals surface area contributed by atoms with Gasteiger partial charge >= 0.3 is 58.2 Å². The normalized spacial score (nSPS) is 34.2. The van der Waals surface area contributed by atoms with Crippen molar-refractivity contribution in [2.24, 2.45) is 28.6 Å². The predicted molar refractivity (Wildman–Crippen MR) is 248 cm³/mol. The van der Waals surface area contributed by atoms with Crippen molar-refractivity contribution >= 4 is 67.9 Å². The fourth-order valence-electron chi connectivity index (χ4n) is 10.9. The van der Waals surface area contributed by atoms with Crippen molar-refractivity contribution in [2.75, 3.05) is 31.7 Å². The summed E-state index contributed by atoms with van der Waals surface area (Å²) in [6.07, 6.45) is 4.21. The first-order valence-electron chi connectivity index (χ1n) is 23.3. The van der Waals surface area contributed by atoms with Crippen LogP contribution in [0.4, 0.5) is 4.39 Å². The monoisotopic (exact) mass is 1180 g/mol. The largest absolute Gasteiger partial charge is 1.00 e. The van der Waals surface area contributed by atoms with Crippen LogP contribution in [-0.2, 0) is 107 Å². The number of esters is 6. The number of rotatable bonds is 14. The molecule has 0 aromatic rings. The smallest absolute Gasteiger partial charge is 0.757 e. The minimum atomic E-state index is -2.05. The Kier molecular flexibility index (Phi) is 23.3. The number of allylic oxidation sites excluding steroid dienone is 4. The van der Waals surface area contributed by atoms with Gasteiger partial charge in [-0.05, 0) is 84.8 Å². The zero-order valence-electron chi connectivity index (χ0n) is 41.4. The summed E-state index contributed by atoms with van der Waals surface area (Å²) in [5.74, 6) is -5.93. The number of ketones is 2. The first-order chi connectivity index (χ1) is 31.3. The maximum Gasteiger partial charge on any atom is 1.00 e. The van der Waals surface area contributed by atoms with Gasteiger partial charge in [-0.1, -0.05) is 39.3 Å². The van der Waals surface area contributed by atoms with Gasteiger partial charge in [-0.3, -0.25) is 38.4 Å². The maximum atomic E-state index is 17.4. The first-order valence-corrected chi connectivity index (χ1v) is 25.9. The van der Waals surface area contributed by atoms with Crippen LogP contribution in [0.3, 0.4) is 0 Å². The van der Waals surface area contributed by atoms with Crippen LogP contribution in [-0.4, -0.2) is 131 Å². The number of aliphatic hydroxyl groups is 1. The third-order valence-corrected chi connectivity index (χ3v) is 17.6. The van der Waals surface area contributed by atoms with E-state index in [1.54, 1.807) is 33.8 Å². The molecule has 5 aliphatic rings. The van der Waals surface area contributed by atoms with Crippen LogP contribution < -0.4 is 0 Å². The number of carbonyl (C=O) groups is 8. The maximum absolute atomic E-state index is 17.4. The van der Waals surface area contributed by atoms with Gasteiger partial charge in [-0.2, -0.15) is 0 Å². The Bertz CT molecular complexity index is 1910. The molecule has 16 nitrogen and oxygen atoms in total. The molecule has 0 aromatic carbocycles.